The van der Waals surface area contributed by atoms with Gasteiger partial charge in [0.25, 0.3) is 0 Å². The Kier molecular flexibility index (Phi) is 3.91. The quantitative estimate of drug-likeness (QED) is 0.817. The first kappa shape index (κ1) is 11.6. The van der Waals surface area contributed by atoms with Crippen LogP contribution in [0, 0.1) is 0 Å². The monoisotopic (exact) mass is 236 g/mol. The van der Waals surface area contributed by atoms with Gasteiger partial charge in [0.05, 0.1) is 16.9 Å². The summed E-state index contributed by atoms with van der Waals surface area (Å²) in [6.07, 6.45) is 4.33. The van der Waals surface area contributed by atoms with Gasteiger partial charge in [-0.2, -0.15) is 0 Å². The average molecular weight is 236 g/mol. The summed E-state index contributed by atoms with van der Waals surface area (Å²) in [6, 6.07) is 9.49. The lowest BCUT2D eigenvalue weighted by atomic mass is 9.99. The molecule has 0 heterocycles. The Balaban J connectivity index is 2.03. The first-order valence-corrected chi connectivity index (χ1v) is 6.88. The molecule has 0 spiro atoms. The van der Waals surface area contributed by atoms with Crippen LogP contribution in [-0.4, -0.2) is 21.2 Å². The fourth-order valence-electron chi connectivity index (χ4n) is 1.92. The van der Waals surface area contributed by atoms with Gasteiger partial charge in [-0.1, -0.05) is 29.8 Å². The lowest BCUT2D eigenvalue weighted by Gasteiger charge is -2.16. The third-order valence-corrected chi connectivity index (χ3v) is 4.18. The number of benzene rings is 1. The van der Waals surface area contributed by atoms with Crippen LogP contribution in [0.3, 0.4) is 0 Å². The van der Waals surface area contributed by atoms with E-state index in [0.717, 1.165) is 29.7 Å². The zero-order chi connectivity index (χ0) is 11.4. The number of rotatable bonds is 3. The molecule has 1 aliphatic rings. The van der Waals surface area contributed by atoms with Gasteiger partial charge in [0, 0.05) is 10.6 Å². The number of hydrogen-bond acceptors (Lipinski definition) is 2. The highest BCUT2D eigenvalue weighted by molar-refractivity contribution is 7.85. The molecule has 0 saturated carbocycles. The van der Waals surface area contributed by atoms with Crippen molar-refractivity contribution in [3.63, 3.8) is 0 Å². The predicted octanol–water partition coefficient (Wildman–Crippen LogP) is 2.27. The Morgan fingerprint density at radius 2 is 2.06 bits per heavy atom. The Bertz CT molecular complexity index is 398. The highest BCUT2D eigenvalue weighted by Crippen LogP contribution is 2.20. The molecule has 86 valence electrons. The van der Waals surface area contributed by atoms with Crippen molar-refractivity contribution in [2.45, 2.75) is 30.3 Å². The van der Waals surface area contributed by atoms with E-state index in [1.807, 2.05) is 36.4 Å². The maximum atomic E-state index is 12.0. The first-order chi connectivity index (χ1) is 7.75. The highest BCUT2D eigenvalue weighted by Gasteiger charge is 2.13. The van der Waals surface area contributed by atoms with Crippen LogP contribution in [0.2, 0.25) is 0 Å². The molecule has 2 unspecified atom stereocenters. The predicted molar refractivity (Wildman–Crippen MR) is 65.7 cm³/mol. The van der Waals surface area contributed by atoms with Gasteiger partial charge in [-0.05, 0) is 31.4 Å². The molecule has 0 aromatic heterocycles. The van der Waals surface area contributed by atoms with Crippen LogP contribution in [0.5, 0.6) is 0 Å². The Hall–Kier alpha value is -0.930. The van der Waals surface area contributed by atoms with Crippen molar-refractivity contribution in [2.24, 2.45) is 0 Å². The van der Waals surface area contributed by atoms with E-state index < -0.39 is 10.8 Å². The van der Waals surface area contributed by atoms with Crippen molar-refractivity contribution in [1.29, 1.82) is 0 Å². The summed E-state index contributed by atoms with van der Waals surface area (Å²) >= 11 is 0. The minimum absolute atomic E-state index is 0.337. The van der Waals surface area contributed by atoms with Gasteiger partial charge >= 0.3 is 0 Å². The summed E-state index contributed by atoms with van der Waals surface area (Å²) in [5.41, 5.74) is 1.13. The van der Waals surface area contributed by atoms with Crippen molar-refractivity contribution >= 4 is 10.8 Å². The van der Waals surface area contributed by atoms with Crippen LogP contribution >= 0.6 is 0 Å². The molecule has 0 aliphatic heterocycles. The van der Waals surface area contributed by atoms with E-state index in [4.69, 9.17) is 0 Å². The third kappa shape index (κ3) is 3.03. The van der Waals surface area contributed by atoms with Crippen molar-refractivity contribution in [3.8, 4) is 0 Å². The smallest absolute Gasteiger partial charge is 0.0723 e. The summed E-state index contributed by atoms with van der Waals surface area (Å²) in [5, 5.41) is 9.49. The molecule has 3 heteroatoms. The minimum atomic E-state index is -0.975. The highest BCUT2D eigenvalue weighted by atomic mass is 32.2. The van der Waals surface area contributed by atoms with Crippen LogP contribution in [0.15, 0.2) is 46.9 Å². The van der Waals surface area contributed by atoms with E-state index in [1.54, 1.807) is 0 Å². The molecule has 16 heavy (non-hydrogen) atoms. The van der Waals surface area contributed by atoms with Crippen LogP contribution in [-0.2, 0) is 10.8 Å². The van der Waals surface area contributed by atoms with Crippen molar-refractivity contribution in [3.05, 3.63) is 42.0 Å². The molecule has 1 aliphatic carbocycles. The third-order valence-electron chi connectivity index (χ3n) is 2.75. The maximum Gasteiger partial charge on any atom is 0.0723 e. The normalized spacial score (nSPS) is 22.6. The molecule has 2 rings (SSSR count). The number of hydrogen-bond donors (Lipinski definition) is 1. The van der Waals surface area contributed by atoms with Gasteiger partial charge in [0.1, 0.15) is 0 Å². The Morgan fingerprint density at radius 3 is 2.75 bits per heavy atom. The summed E-state index contributed by atoms with van der Waals surface area (Å²) in [7, 11) is -0.975. The van der Waals surface area contributed by atoms with Gasteiger partial charge in [0.2, 0.25) is 0 Å². The molecule has 0 saturated heterocycles. The van der Waals surface area contributed by atoms with E-state index in [-0.39, 0.29) is 6.10 Å². The van der Waals surface area contributed by atoms with E-state index in [9.17, 15) is 9.32 Å². The van der Waals surface area contributed by atoms with Gasteiger partial charge < -0.3 is 5.11 Å². The van der Waals surface area contributed by atoms with E-state index in [1.165, 1.54) is 0 Å². The fraction of sp³-hybridized carbons (Fsp3) is 0.385. The van der Waals surface area contributed by atoms with Gasteiger partial charge in [0.15, 0.2) is 0 Å². The maximum absolute atomic E-state index is 12.0. The second-order valence-corrected chi connectivity index (χ2v) is 5.54. The van der Waals surface area contributed by atoms with E-state index in [2.05, 4.69) is 0 Å². The van der Waals surface area contributed by atoms with Crippen molar-refractivity contribution in [2.75, 3.05) is 5.75 Å². The van der Waals surface area contributed by atoms with Crippen molar-refractivity contribution in [1.82, 2.24) is 0 Å². The topological polar surface area (TPSA) is 37.3 Å². The largest absolute Gasteiger partial charge is 0.389 e. The second kappa shape index (κ2) is 5.41. The molecule has 0 radical (unpaired) electrons. The minimum Gasteiger partial charge on any atom is -0.389 e. The Labute approximate surface area is 98.5 Å². The van der Waals surface area contributed by atoms with Crippen LogP contribution in [0.25, 0.3) is 0 Å². The molecule has 1 aromatic carbocycles. The zero-order valence-corrected chi connectivity index (χ0v) is 9.95. The number of aliphatic hydroxyl groups excluding tert-OH is 1. The fourth-order valence-corrected chi connectivity index (χ4v) is 3.13. The van der Waals surface area contributed by atoms with Gasteiger partial charge in [-0.15, -0.1) is 0 Å². The zero-order valence-electron chi connectivity index (χ0n) is 9.13. The lowest BCUT2D eigenvalue weighted by molar-refractivity contribution is 0.202. The lowest BCUT2D eigenvalue weighted by Crippen LogP contribution is -2.12. The molecule has 2 nitrogen and oxygen atoms in total. The van der Waals surface area contributed by atoms with Crippen LogP contribution < -0.4 is 0 Å². The summed E-state index contributed by atoms with van der Waals surface area (Å²) < 4.78 is 12.0. The molecule has 0 bridgehead atoms. The average Bonchev–Trinajstić information content (AvgIpc) is 2.30. The van der Waals surface area contributed by atoms with Crippen molar-refractivity contribution < 1.29 is 9.32 Å². The first-order valence-electron chi connectivity index (χ1n) is 5.57. The molecule has 0 amide bonds. The summed E-state index contributed by atoms with van der Waals surface area (Å²) in [4.78, 5) is 0.864. The molecule has 1 aromatic rings. The molecular weight excluding hydrogens is 220 g/mol. The standard InChI is InChI=1S/C13H16O2S/c14-12-6-4-5-11(9-12)10-16(15)13-7-2-1-3-8-13/h1-3,7-9,12,14H,4-6,10H2. The van der Waals surface area contributed by atoms with Gasteiger partial charge in [-0.25, -0.2) is 0 Å². The second-order valence-electron chi connectivity index (χ2n) is 4.09. The molecule has 0 fully saturated rings. The van der Waals surface area contributed by atoms with Gasteiger partial charge in [-0.3, -0.25) is 4.21 Å². The molecule has 1 N–H and O–H groups in total. The number of aliphatic hydroxyl groups is 1. The molecule has 2 atom stereocenters. The van der Waals surface area contributed by atoms with Crippen LogP contribution in [0.4, 0.5) is 0 Å². The van der Waals surface area contributed by atoms with Crippen LogP contribution in [0.1, 0.15) is 19.3 Å². The summed E-state index contributed by atoms with van der Waals surface area (Å²) in [5.74, 6) is 0.557. The van der Waals surface area contributed by atoms with E-state index in [0.29, 0.717) is 5.75 Å². The SMILES string of the molecule is O=S(CC1=CC(O)CCC1)c1ccccc1. The molecular formula is C13H16O2S. The summed E-state index contributed by atoms with van der Waals surface area (Å²) in [6.45, 7) is 0. The Morgan fingerprint density at radius 1 is 1.31 bits per heavy atom. The van der Waals surface area contributed by atoms with E-state index >= 15 is 0 Å².